The van der Waals surface area contributed by atoms with E-state index in [4.69, 9.17) is 4.74 Å². The second-order valence-electron chi connectivity index (χ2n) is 7.58. The number of aliphatic hydroxyl groups is 5. The third-order valence-electron chi connectivity index (χ3n) is 5.85. The number of ketones is 1. The highest BCUT2D eigenvalue weighted by atomic mass is 16.5. The van der Waals surface area contributed by atoms with E-state index in [9.17, 15) is 40.5 Å². The van der Waals surface area contributed by atoms with Crippen LogP contribution in [0.1, 0.15) is 38.5 Å². The van der Waals surface area contributed by atoms with E-state index in [0.717, 1.165) is 0 Å². The van der Waals surface area contributed by atoms with E-state index >= 15 is 0 Å². The number of carbonyl (C=O) groups excluding carboxylic acids is 1. The van der Waals surface area contributed by atoms with Gasteiger partial charge in [0.05, 0.1) is 30.4 Å². The van der Waals surface area contributed by atoms with Crippen LogP contribution in [0.5, 0.6) is 11.5 Å². The van der Waals surface area contributed by atoms with E-state index in [1.54, 1.807) is 6.07 Å². The Morgan fingerprint density at radius 1 is 0.867 bits per heavy atom. The van der Waals surface area contributed by atoms with Crippen LogP contribution in [0.3, 0.4) is 0 Å². The Balaban J connectivity index is 1.96. The van der Waals surface area contributed by atoms with Crippen molar-refractivity contribution in [3.05, 3.63) is 58.1 Å². The number of aromatic hydroxyl groups is 2. The normalized spacial score (nSPS) is 30.6. The Labute approximate surface area is 171 Å². The lowest BCUT2D eigenvalue weighted by atomic mass is 9.71. The number of phenols is 2. The Kier molecular flexibility index (Phi) is 5.27. The fourth-order valence-electron chi connectivity index (χ4n) is 4.41. The number of ether oxygens (including phenoxy) is 1. The predicted octanol–water partition coefficient (Wildman–Crippen LogP) is -0.891. The summed E-state index contributed by atoms with van der Waals surface area (Å²) in [6.07, 6.45) is -7.22. The Hall–Kier alpha value is -2.53. The SMILES string of the molecule is O=C1c2c(O)cccc2[C@H]([C@@H]2OC(CO)[C@@H](O)C(O)[C@@H]2O)c2cc(CO)cc(O)c21. The number of hydrogen-bond donors (Lipinski definition) is 7. The molecule has 1 aliphatic carbocycles. The lowest BCUT2D eigenvalue weighted by Crippen LogP contribution is -2.60. The maximum atomic E-state index is 13.1. The van der Waals surface area contributed by atoms with Crippen molar-refractivity contribution >= 4 is 5.78 Å². The molecule has 6 atom stereocenters. The van der Waals surface area contributed by atoms with Gasteiger partial charge in [-0.1, -0.05) is 18.2 Å². The van der Waals surface area contributed by atoms with Crippen molar-refractivity contribution in [1.82, 2.24) is 0 Å². The molecule has 160 valence electrons. The molecule has 2 aromatic rings. The van der Waals surface area contributed by atoms with Gasteiger partial charge in [0.15, 0.2) is 0 Å². The Bertz CT molecular complexity index is 987. The van der Waals surface area contributed by atoms with Gasteiger partial charge in [0.1, 0.15) is 35.9 Å². The van der Waals surface area contributed by atoms with Gasteiger partial charge >= 0.3 is 0 Å². The maximum absolute atomic E-state index is 13.1. The molecular formula is C21H22O9. The van der Waals surface area contributed by atoms with Gasteiger partial charge in [0.25, 0.3) is 0 Å². The molecule has 2 aliphatic rings. The standard InChI is InChI=1S/C21H22O9/c22-6-8-4-10-14(21-20(29)19(28)17(26)13(7-23)30-21)9-2-1-3-11(24)15(9)18(27)16(10)12(25)5-8/h1-5,13-14,17,19-26,28-29H,6-7H2/t13?,14-,17+,19?,20-,21-/m0/s1. The predicted molar refractivity (Wildman–Crippen MR) is 101 cm³/mol. The van der Waals surface area contributed by atoms with Gasteiger partial charge in [-0.3, -0.25) is 4.79 Å². The van der Waals surface area contributed by atoms with Crippen LogP contribution in [0.15, 0.2) is 30.3 Å². The molecule has 1 saturated heterocycles. The van der Waals surface area contributed by atoms with Crippen molar-refractivity contribution in [2.45, 2.75) is 43.0 Å². The molecule has 9 heteroatoms. The summed E-state index contributed by atoms with van der Waals surface area (Å²) < 4.78 is 5.73. The third-order valence-corrected chi connectivity index (χ3v) is 5.85. The Morgan fingerprint density at radius 2 is 1.57 bits per heavy atom. The van der Waals surface area contributed by atoms with E-state index in [1.807, 2.05) is 0 Å². The zero-order valence-corrected chi connectivity index (χ0v) is 15.7. The Morgan fingerprint density at radius 3 is 2.23 bits per heavy atom. The molecule has 2 aromatic carbocycles. The van der Waals surface area contributed by atoms with Gasteiger partial charge in [-0.25, -0.2) is 0 Å². The minimum atomic E-state index is -1.64. The van der Waals surface area contributed by atoms with E-state index < -0.39 is 61.2 Å². The van der Waals surface area contributed by atoms with Gasteiger partial charge in [-0.15, -0.1) is 0 Å². The van der Waals surface area contributed by atoms with Crippen molar-refractivity contribution in [2.24, 2.45) is 0 Å². The highest BCUT2D eigenvalue weighted by Crippen LogP contribution is 2.47. The van der Waals surface area contributed by atoms with Crippen LogP contribution in [0.2, 0.25) is 0 Å². The number of rotatable bonds is 3. The van der Waals surface area contributed by atoms with Gasteiger partial charge in [0.2, 0.25) is 5.78 Å². The quantitative estimate of drug-likeness (QED) is 0.334. The summed E-state index contributed by atoms with van der Waals surface area (Å²) in [5.74, 6) is -2.34. The van der Waals surface area contributed by atoms with E-state index in [-0.39, 0.29) is 28.0 Å². The van der Waals surface area contributed by atoms with E-state index in [2.05, 4.69) is 0 Å². The number of aliphatic hydroxyl groups excluding tert-OH is 5. The number of fused-ring (bicyclic) bond motifs is 2. The van der Waals surface area contributed by atoms with Crippen LogP contribution < -0.4 is 0 Å². The monoisotopic (exact) mass is 418 g/mol. The molecule has 9 nitrogen and oxygen atoms in total. The zero-order chi connectivity index (χ0) is 21.7. The fourth-order valence-corrected chi connectivity index (χ4v) is 4.41. The van der Waals surface area contributed by atoms with Crippen LogP contribution in [-0.4, -0.2) is 78.7 Å². The number of benzene rings is 2. The molecule has 0 bridgehead atoms. The molecule has 2 unspecified atom stereocenters. The molecule has 0 radical (unpaired) electrons. The van der Waals surface area contributed by atoms with Crippen LogP contribution in [0, 0.1) is 0 Å². The molecule has 1 heterocycles. The zero-order valence-electron chi connectivity index (χ0n) is 15.7. The fraction of sp³-hybridized carbons (Fsp3) is 0.381. The summed E-state index contributed by atoms with van der Waals surface area (Å²) >= 11 is 0. The largest absolute Gasteiger partial charge is 0.507 e. The van der Waals surface area contributed by atoms with Crippen molar-refractivity contribution in [1.29, 1.82) is 0 Å². The number of carbonyl (C=O) groups is 1. The second-order valence-corrected chi connectivity index (χ2v) is 7.58. The third kappa shape index (κ3) is 2.99. The second kappa shape index (κ2) is 7.62. The van der Waals surface area contributed by atoms with Crippen molar-refractivity contribution < 1.29 is 45.3 Å². The molecule has 30 heavy (non-hydrogen) atoms. The first kappa shape index (κ1) is 20.7. The molecule has 0 spiro atoms. The van der Waals surface area contributed by atoms with Gasteiger partial charge < -0.3 is 40.5 Å². The topological polar surface area (TPSA) is 168 Å². The molecule has 7 N–H and O–H groups in total. The highest BCUT2D eigenvalue weighted by molar-refractivity contribution is 6.16. The number of hydrogen-bond acceptors (Lipinski definition) is 9. The summed E-state index contributed by atoms with van der Waals surface area (Å²) in [7, 11) is 0. The summed E-state index contributed by atoms with van der Waals surface area (Å²) in [6, 6.07) is 7.06. The number of phenolic OH excluding ortho intramolecular Hbond substituents is 2. The van der Waals surface area contributed by atoms with Crippen LogP contribution in [0.25, 0.3) is 0 Å². The average molecular weight is 418 g/mol. The van der Waals surface area contributed by atoms with E-state index in [0.29, 0.717) is 5.56 Å². The average Bonchev–Trinajstić information content (AvgIpc) is 2.73. The molecule has 1 fully saturated rings. The van der Waals surface area contributed by atoms with Gasteiger partial charge in [-0.2, -0.15) is 0 Å². The van der Waals surface area contributed by atoms with E-state index in [1.165, 1.54) is 24.3 Å². The smallest absolute Gasteiger partial charge is 0.201 e. The van der Waals surface area contributed by atoms with Crippen molar-refractivity contribution in [3.8, 4) is 11.5 Å². The molecule has 0 amide bonds. The first-order valence-corrected chi connectivity index (χ1v) is 9.43. The van der Waals surface area contributed by atoms with Crippen molar-refractivity contribution in [2.75, 3.05) is 6.61 Å². The summed E-state index contributed by atoms with van der Waals surface area (Å²) in [6.45, 7) is -1.06. The van der Waals surface area contributed by atoms with Gasteiger partial charge in [-0.05, 0) is 28.8 Å². The highest BCUT2D eigenvalue weighted by Gasteiger charge is 2.50. The summed E-state index contributed by atoms with van der Waals surface area (Å²) in [4.78, 5) is 13.1. The van der Waals surface area contributed by atoms with Gasteiger partial charge in [0, 0.05) is 5.92 Å². The molecule has 0 aromatic heterocycles. The first-order chi connectivity index (χ1) is 14.3. The summed E-state index contributed by atoms with van der Waals surface area (Å²) in [5, 5.41) is 71.0. The lowest BCUT2D eigenvalue weighted by Gasteiger charge is -2.45. The molecule has 4 rings (SSSR count). The van der Waals surface area contributed by atoms with Crippen molar-refractivity contribution in [3.63, 3.8) is 0 Å². The summed E-state index contributed by atoms with van der Waals surface area (Å²) in [5.41, 5.74) is 0.609. The molecule has 0 saturated carbocycles. The molecular weight excluding hydrogens is 396 g/mol. The lowest BCUT2D eigenvalue weighted by molar-refractivity contribution is -0.232. The molecule has 1 aliphatic heterocycles. The van der Waals surface area contributed by atoms with Crippen LogP contribution >= 0.6 is 0 Å². The van der Waals surface area contributed by atoms with Crippen LogP contribution in [-0.2, 0) is 11.3 Å². The minimum Gasteiger partial charge on any atom is -0.507 e. The van der Waals surface area contributed by atoms with Crippen LogP contribution in [0.4, 0.5) is 0 Å². The maximum Gasteiger partial charge on any atom is 0.201 e. The minimum absolute atomic E-state index is 0.0843. The first-order valence-electron chi connectivity index (χ1n) is 9.43.